The van der Waals surface area contributed by atoms with Crippen LogP contribution in [-0.4, -0.2) is 49.4 Å². The van der Waals surface area contributed by atoms with Crippen molar-refractivity contribution in [1.82, 2.24) is 4.90 Å². The molecule has 0 fully saturated rings. The predicted octanol–water partition coefficient (Wildman–Crippen LogP) is 4.52. The Bertz CT molecular complexity index is 716. The predicted molar refractivity (Wildman–Crippen MR) is 111 cm³/mol. The van der Waals surface area contributed by atoms with Crippen LogP contribution in [0.5, 0.6) is 5.75 Å². The number of benzene rings is 1. The maximum Gasteiger partial charge on any atom is 0.412 e. The molecule has 0 bridgehead atoms. The topological polar surface area (TPSA) is 60.4 Å². The summed E-state index contributed by atoms with van der Waals surface area (Å²) in [6.07, 6.45) is 0.000802. The molecular formula is C22H34N2O4. The van der Waals surface area contributed by atoms with Gasteiger partial charge in [0.05, 0.1) is 20.1 Å². The van der Waals surface area contributed by atoms with Crippen molar-refractivity contribution in [3.63, 3.8) is 0 Å². The van der Waals surface area contributed by atoms with Gasteiger partial charge in [0.1, 0.15) is 17.5 Å². The summed E-state index contributed by atoms with van der Waals surface area (Å²) in [6, 6.07) is 7.92. The SMILES string of the molecule is COC1=N[C@H](C(C)(C)C)N(C(=O)OC(C)(C)C)C[C@H]1Cc1cccc(OC)c1. The van der Waals surface area contributed by atoms with Crippen molar-refractivity contribution in [2.75, 3.05) is 20.8 Å². The van der Waals surface area contributed by atoms with Crippen molar-refractivity contribution < 1.29 is 19.0 Å². The smallest absolute Gasteiger partial charge is 0.412 e. The fourth-order valence-electron chi connectivity index (χ4n) is 3.32. The van der Waals surface area contributed by atoms with E-state index in [2.05, 4.69) is 20.8 Å². The lowest BCUT2D eigenvalue weighted by Gasteiger charge is -2.43. The lowest BCUT2D eigenvalue weighted by atomic mass is 9.88. The summed E-state index contributed by atoms with van der Waals surface area (Å²) in [5, 5.41) is 0. The number of aliphatic imine (C=N–C) groups is 1. The zero-order valence-corrected chi connectivity index (χ0v) is 18.4. The Morgan fingerprint density at radius 2 is 1.82 bits per heavy atom. The Balaban J connectivity index is 2.34. The van der Waals surface area contributed by atoms with Crippen LogP contribution in [-0.2, 0) is 15.9 Å². The molecular weight excluding hydrogens is 356 g/mol. The van der Waals surface area contributed by atoms with Gasteiger partial charge in [0, 0.05) is 12.0 Å². The molecule has 156 valence electrons. The number of hydrogen-bond donors (Lipinski definition) is 0. The zero-order valence-electron chi connectivity index (χ0n) is 18.4. The fourth-order valence-corrected chi connectivity index (χ4v) is 3.32. The van der Waals surface area contributed by atoms with Crippen LogP contribution in [0.25, 0.3) is 0 Å². The largest absolute Gasteiger partial charge is 0.497 e. The minimum Gasteiger partial charge on any atom is -0.497 e. The number of carbonyl (C=O) groups is 1. The van der Waals surface area contributed by atoms with Crippen LogP contribution in [0.2, 0.25) is 0 Å². The Morgan fingerprint density at radius 3 is 2.36 bits per heavy atom. The molecule has 0 saturated carbocycles. The minimum absolute atomic E-state index is 0.0526. The van der Waals surface area contributed by atoms with Gasteiger partial charge < -0.3 is 14.2 Å². The quantitative estimate of drug-likeness (QED) is 0.761. The van der Waals surface area contributed by atoms with Gasteiger partial charge in [-0.1, -0.05) is 32.9 Å². The van der Waals surface area contributed by atoms with E-state index in [0.717, 1.165) is 11.3 Å². The summed E-state index contributed by atoms with van der Waals surface area (Å²) in [7, 11) is 3.29. The lowest BCUT2D eigenvalue weighted by Crippen LogP contribution is -2.54. The molecule has 2 atom stereocenters. The second-order valence-corrected chi connectivity index (χ2v) is 9.30. The first-order valence-electron chi connectivity index (χ1n) is 9.69. The summed E-state index contributed by atoms with van der Waals surface area (Å²) in [4.78, 5) is 19.5. The first kappa shape index (κ1) is 22.1. The first-order valence-corrected chi connectivity index (χ1v) is 9.69. The second-order valence-electron chi connectivity index (χ2n) is 9.30. The summed E-state index contributed by atoms with van der Waals surface area (Å²) in [5.41, 5.74) is 0.293. The number of ether oxygens (including phenoxy) is 3. The molecule has 0 aromatic heterocycles. The van der Waals surface area contributed by atoms with E-state index >= 15 is 0 Å². The molecule has 1 aromatic rings. The first-order chi connectivity index (χ1) is 12.9. The van der Waals surface area contributed by atoms with Crippen LogP contribution in [0, 0.1) is 11.3 Å². The molecule has 0 unspecified atom stereocenters. The van der Waals surface area contributed by atoms with Crippen LogP contribution >= 0.6 is 0 Å². The Morgan fingerprint density at radius 1 is 1.14 bits per heavy atom. The van der Waals surface area contributed by atoms with Crippen molar-refractivity contribution in [2.45, 2.75) is 59.7 Å². The molecule has 1 aliphatic heterocycles. The van der Waals surface area contributed by atoms with Crippen molar-refractivity contribution in [3.05, 3.63) is 29.8 Å². The van der Waals surface area contributed by atoms with E-state index in [1.165, 1.54) is 0 Å². The zero-order chi connectivity index (χ0) is 21.1. The molecule has 1 aromatic carbocycles. The standard InChI is InChI=1S/C22H34N2O4/c1-21(2,3)19-23-18(27-8)16(12-15-10-9-11-17(13-15)26-7)14-24(19)20(25)28-22(4,5)6/h9-11,13,16,19H,12,14H2,1-8H3/t16-,19+/m1/s1. The van der Waals surface area contributed by atoms with Gasteiger partial charge in [-0.15, -0.1) is 0 Å². The van der Waals surface area contributed by atoms with Crippen molar-refractivity contribution in [2.24, 2.45) is 16.3 Å². The third-order valence-corrected chi connectivity index (χ3v) is 4.54. The highest BCUT2D eigenvalue weighted by Crippen LogP contribution is 2.32. The second kappa shape index (κ2) is 8.41. The van der Waals surface area contributed by atoms with Gasteiger partial charge in [0.2, 0.25) is 0 Å². The average Bonchev–Trinajstić information content (AvgIpc) is 2.59. The van der Waals surface area contributed by atoms with Gasteiger partial charge in [0.25, 0.3) is 0 Å². The molecule has 6 nitrogen and oxygen atoms in total. The number of methoxy groups -OCH3 is 2. The van der Waals surface area contributed by atoms with Crippen LogP contribution in [0.1, 0.15) is 47.1 Å². The molecule has 28 heavy (non-hydrogen) atoms. The Labute approximate surface area is 168 Å². The van der Waals surface area contributed by atoms with Crippen LogP contribution < -0.4 is 4.74 Å². The molecule has 0 N–H and O–H groups in total. The van der Waals surface area contributed by atoms with E-state index in [4.69, 9.17) is 19.2 Å². The molecule has 1 heterocycles. The highest BCUT2D eigenvalue weighted by Gasteiger charge is 2.42. The summed E-state index contributed by atoms with van der Waals surface area (Å²) < 4.78 is 16.6. The number of amides is 1. The molecule has 1 aliphatic rings. The van der Waals surface area contributed by atoms with E-state index < -0.39 is 5.60 Å². The maximum absolute atomic E-state index is 12.9. The Hall–Kier alpha value is -2.24. The van der Waals surface area contributed by atoms with Crippen LogP contribution in [0.3, 0.4) is 0 Å². The summed E-state index contributed by atoms with van der Waals surface area (Å²) in [6.45, 7) is 12.3. The molecule has 0 radical (unpaired) electrons. The number of rotatable bonds is 3. The normalized spacial score (nSPS) is 20.4. The number of hydrogen-bond acceptors (Lipinski definition) is 5. The van der Waals surface area contributed by atoms with Crippen LogP contribution in [0.4, 0.5) is 4.79 Å². The molecule has 0 saturated heterocycles. The fraction of sp³-hybridized carbons (Fsp3) is 0.636. The minimum atomic E-state index is -0.562. The van der Waals surface area contributed by atoms with Gasteiger partial charge >= 0.3 is 6.09 Å². The number of nitrogens with zero attached hydrogens (tertiary/aromatic N) is 2. The molecule has 2 rings (SSSR count). The molecule has 0 aliphatic carbocycles. The van der Waals surface area contributed by atoms with Crippen LogP contribution in [0.15, 0.2) is 29.3 Å². The maximum atomic E-state index is 12.9. The number of carbonyl (C=O) groups excluding carboxylic acids is 1. The van der Waals surface area contributed by atoms with E-state index in [0.29, 0.717) is 18.9 Å². The lowest BCUT2D eigenvalue weighted by molar-refractivity contribution is -0.00330. The van der Waals surface area contributed by atoms with E-state index in [1.807, 2.05) is 45.0 Å². The third-order valence-electron chi connectivity index (χ3n) is 4.54. The summed E-state index contributed by atoms with van der Waals surface area (Å²) >= 11 is 0. The van der Waals surface area contributed by atoms with Crippen molar-refractivity contribution in [1.29, 1.82) is 0 Å². The molecule has 1 amide bonds. The highest BCUT2D eigenvalue weighted by atomic mass is 16.6. The van der Waals surface area contributed by atoms with Gasteiger partial charge in [0.15, 0.2) is 5.90 Å². The van der Waals surface area contributed by atoms with E-state index in [1.54, 1.807) is 19.1 Å². The van der Waals surface area contributed by atoms with Gasteiger partial charge in [-0.3, -0.25) is 4.90 Å². The van der Waals surface area contributed by atoms with Crippen molar-refractivity contribution >= 4 is 12.0 Å². The van der Waals surface area contributed by atoms with E-state index in [9.17, 15) is 4.79 Å². The Kier molecular flexibility index (Phi) is 6.63. The van der Waals surface area contributed by atoms with Gasteiger partial charge in [-0.2, -0.15) is 0 Å². The van der Waals surface area contributed by atoms with Gasteiger partial charge in [-0.05, 0) is 44.9 Å². The van der Waals surface area contributed by atoms with E-state index in [-0.39, 0.29) is 23.6 Å². The molecule has 6 heteroatoms. The molecule has 0 spiro atoms. The summed E-state index contributed by atoms with van der Waals surface area (Å²) in [5.74, 6) is 1.42. The monoisotopic (exact) mass is 390 g/mol. The average molecular weight is 391 g/mol. The van der Waals surface area contributed by atoms with Gasteiger partial charge in [-0.25, -0.2) is 9.79 Å². The third kappa shape index (κ3) is 5.63. The highest BCUT2D eigenvalue weighted by molar-refractivity contribution is 5.82. The van der Waals surface area contributed by atoms with Crippen molar-refractivity contribution in [3.8, 4) is 5.75 Å².